The highest BCUT2D eigenvalue weighted by Crippen LogP contribution is 2.39. The number of morpholine rings is 1. The van der Waals surface area contributed by atoms with Gasteiger partial charge >= 0.3 is 0 Å². The summed E-state index contributed by atoms with van der Waals surface area (Å²) < 4.78 is 5.79. The Morgan fingerprint density at radius 2 is 1.74 bits per heavy atom. The van der Waals surface area contributed by atoms with E-state index in [4.69, 9.17) is 4.74 Å². The number of fused-ring (bicyclic) bond motifs is 2. The lowest BCUT2D eigenvalue weighted by molar-refractivity contribution is -0.150. The van der Waals surface area contributed by atoms with E-state index in [-0.39, 0.29) is 5.41 Å². The standard InChI is InChI=1S/C20H31NO2/c1-19(2,3)9-10-20(22)11-17-14-23-15-18(12-20)21(17)13-16-7-5-4-6-8-16/h4-8,17-18,22H,9-15H2,1-3H3. The van der Waals surface area contributed by atoms with Crippen molar-refractivity contribution in [1.82, 2.24) is 4.90 Å². The highest BCUT2D eigenvalue weighted by atomic mass is 16.5. The van der Waals surface area contributed by atoms with Crippen LogP contribution >= 0.6 is 0 Å². The topological polar surface area (TPSA) is 32.7 Å². The summed E-state index contributed by atoms with van der Waals surface area (Å²) >= 11 is 0. The minimum absolute atomic E-state index is 0.280. The third-order valence-electron chi connectivity index (χ3n) is 5.34. The molecule has 3 rings (SSSR count). The van der Waals surface area contributed by atoms with Crippen LogP contribution in [0.15, 0.2) is 30.3 Å². The highest BCUT2D eigenvalue weighted by molar-refractivity contribution is 5.15. The van der Waals surface area contributed by atoms with Crippen LogP contribution in [-0.2, 0) is 11.3 Å². The number of ether oxygens (including phenoxy) is 1. The second-order valence-electron chi connectivity index (χ2n) is 8.70. The summed E-state index contributed by atoms with van der Waals surface area (Å²) in [6, 6.07) is 11.3. The van der Waals surface area contributed by atoms with Crippen LogP contribution in [0.25, 0.3) is 0 Å². The smallest absolute Gasteiger partial charge is 0.0679 e. The molecule has 0 amide bonds. The molecule has 2 saturated heterocycles. The van der Waals surface area contributed by atoms with Crippen molar-refractivity contribution >= 4 is 0 Å². The quantitative estimate of drug-likeness (QED) is 0.921. The zero-order valence-corrected chi connectivity index (χ0v) is 14.8. The van der Waals surface area contributed by atoms with Gasteiger partial charge < -0.3 is 9.84 Å². The fourth-order valence-electron chi connectivity index (χ4n) is 4.01. The van der Waals surface area contributed by atoms with Gasteiger partial charge in [-0.2, -0.15) is 0 Å². The van der Waals surface area contributed by atoms with Gasteiger partial charge in [0.05, 0.1) is 18.8 Å². The van der Waals surface area contributed by atoms with Crippen molar-refractivity contribution < 1.29 is 9.84 Å². The number of aliphatic hydroxyl groups is 1. The molecule has 0 radical (unpaired) electrons. The predicted octanol–water partition coefficient (Wildman–Crippen LogP) is 3.61. The summed E-state index contributed by atoms with van der Waals surface area (Å²) in [5.74, 6) is 0. The molecule has 1 aromatic rings. The molecule has 3 nitrogen and oxygen atoms in total. The van der Waals surface area contributed by atoms with E-state index in [0.717, 1.165) is 45.4 Å². The Labute approximate surface area is 140 Å². The summed E-state index contributed by atoms with van der Waals surface area (Å²) in [5.41, 5.74) is 1.12. The molecule has 3 heteroatoms. The maximum atomic E-state index is 11.1. The molecule has 0 saturated carbocycles. The third-order valence-corrected chi connectivity index (χ3v) is 5.34. The molecule has 2 fully saturated rings. The van der Waals surface area contributed by atoms with Crippen LogP contribution in [0.1, 0.15) is 52.0 Å². The molecule has 0 spiro atoms. The average molecular weight is 317 g/mol. The molecule has 1 aromatic carbocycles. The van der Waals surface area contributed by atoms with Gasteiger partial charge in [-0.3, -0.25) is 4.90 Å². The van der Waals surface area contributed by atoms with E-state index in [2.05, 4.69) is 56.0 Å². The Bertz CT molecular complexity index is 494. The first kappa shape index (κ1) is 16.9. The van der Waals surface area contributed by atoms with Gasteiger partial charge in [0.25, 0.3) is 0 Å². The zero-order chi connectivity index (χ0) is 16.5. The minimum atomic E-state index is -0.514. The Morgan fingerprint density at radius 1 is 1.13 bits per heavy atom. The van der Waals surface area contributed by atoms with E-state index < -0.39 is 5.60 Å². The maximum absolute atomic E-state index is 11.1. The van der Waals surface area contributed by atoms with Crippen LogP contribution in [0, 0.1) is 5.41 Å². The first-order chi connectivity index (χ1) is 10.8. The van der Waals surface area contributed by atoms with Gasteiger partial charge in [-0.05, 0) is 36.7 Å². The Kier molecular flexibility index (Phi) is 4.82. The molecule has 2 bridgehead atoms. The van der Waals surface area contributed by atoms with Crippen molar-refractivity contribution in [2.45, 2.75) is 70.7 Å². The van der Waals surface area contributed by atoms with Gasteiger partial charge in [0.2, 0.25) is 0 Å². The van der Waals surface area contributed by atoms with E-state index in [9.17, 15) is 5.11 Å². The molecule has 23 heavy (non-hydrogen) atoms. The van der Waals surface area contributed by atoms with Crippen molar-refractivity contribution in [2.24, 2.45) is 5.41 Å². The van der Waals surface area contributed by atoms with Crippen molar-refractivity contribution in [1.29, 1.82) is 0 Å². The number of benzene rings is 1. The Morgan fingerprint density at radius 3 is 2.30 bits per heavy atom. The lowest BCUT2D eigenvalue weighted by Crippen LogP contribution is -2.61. The predicted molar refractivity (Wildman–Crippen MR) is 93.3 cm³/mol. The zero-order valence-electron chi connectivity index (χ0n) is 14.8. The lowest BCUT2D eigenvalue weighted by atomic mass is 9.75. The number of rotatable bonds is 4. The van der Waals surface area contributed by atoms with E-state index in [1.165, 1.54) is 5.56 Å². The second kappa shape index (κ2) is 6.54. The van der Waals surface area contributed by atoms with Crippen LogP contribution < -0.4 is 0 Å². The van der Waals surface area contributed by atoms with Crippen LogP contribution in [0.5, 0.6) is 0 Å². The molecule has 2 aliphatic heterocycles. The minimum Gasteiger partial charge on any atom is -0.390 e. The van der Waals surface area contributed by atoms with Gasteiger partial charge in [-0.25, -0.2) is 0 Å². The van der Waals surface area contributed by atoms with Crippen LogP contribution in [0.4, 0.5) is 0 Å². The molecular formula is C20H31NO2. The van der Waals surface area contributed by atoms with Crippen LogP contribution in [0.3, 0.4) is 0 Å². The Hall–Kier alpha value is -0.900. The fraction of sp³-hybridized carbons (Fsp3) is 0.700. The Balaban J connectivity index is 1.68. The number of nitrogens with zero attached hydrogens (tertiary/aromatic N) is 1. The number of piperidine rings is 1. The summed E-state index contributed by atoms with van der Waals surface area (Å²) in [4.78, 5) is 2.56. The van der Waals surface area contributed by atoms with Crippen LogP contribution in [0.2, 0.25) is 0 Å². The average Bonchev–Trinajstić information content (AvgIpc) is 2.47. The van der Waals surface area contributed by atoms with Crippen molar-refractivity contribution in [3.8, 4) is 0 Å². The molecule has 2 unspecified atom stereocenters. The molecule has 2 heterocycles. The van der Waals surface area contributed by atoms with Crippen LogP contribution in [-0.4, -0.2) is 40.9 Å². The van der Waals surface area contributed by atoms with Gasteiger partial charge in [0.15, 0.2) is 0 Å². The molecule has 1 N–H and O–H groups in total. The molecule has 2 atom stereocenters. The third kappa shape index (κ3) is 4.34. The van der Waals surface area contributed by atoms with E-state index in [0.29, 0.717) is 12.1 Å². The number of hydrogen-bond acceptors (Lipinski definition) is 3. The molecule has 0 aromatic heterocycles. The van der Waals surface area contributed by atoms with E-state index in [1.54, 1.807) is 0 Å². The fourth-order valence-corrected chi connectivity index (χ4v) is 4.01. The number of hydrogen-bond donors (Lipinski definition) is 1. The maximum Gasteiger partial charge on any atom is 0.0679 e. The monoisotopic (exact) mass is 317 g/mol. The normalized spacial score (nSPS) is 32.0. The molecule has 0 aliphatic carbocycles. The van der Waals surface area contributed by atoms with Crippen molar-refractivity contribution in [2.75, 3.05) is 13.2 Å². The first-order valence-electron chi connectivity index (χ1n) is 8.95. The highest BCUT2D eigenvalue weighted by Gasteiger charge is 2.45. The van der Waals surface area contributed by atoms with Gasteiger partial charge in [0.1, 0.15) is 0 Å². The second-order valence-corrected chi connectivity index (χ2v) is 8.70. The SMILES string of the molecule is CC(C)(C)CCC1(O)CC2COCC(C1)N2Cc1ccccc1. The van der Waals surface area contributed by atoms with Gasteiger partial charge in [-0.1, -0.05) is 51.1 Å². The largest absolute Gasteiger partial charge is 0.390 e. The molecular weight excluding hydrogens is 286 g/mol. The van der Waals surface area contributed by atoms with Crippen molar-refractivity contribution in [3.05, 3.63) is 35.9 Å². The summed E-state index contributed by atoms with van der Waals surface area (Å²) in [7, 11) is 0. The summed E-state index contributed by atoms with van der Waals surface area (Å²) in [5, 5.41) is 11.1. The molecule has 2 aliphatic rings. The van der Waals surface area contributed by atoms with E-state index in [1.807, 2.05) is 0 Å². The lowest BCUT2D eigenvalue weighted by Gasteiger charge is -2.52. The first-order valence-corrected chi connectivity index (χ1v) is 8.95. The molecule has 128 valence electrons. The van der Waals surface area contributed by atoms with Gasteiger partial charge in [-0.15, -0.1) is 0 Å². The summed E-state index contributed by atoms with van der Waals surface area (Å²) in [6.07, 6.45) is 3.66. The summed E-state index contributed by atoms with van der Waals surface area (Å²) in [6.45, 7) is 9.23. The van der Waals surface area contributed by atoms with Gasteiger partial charge in [0, 0.05) is 18.6 Å². The van der Waals surface area contributed by atoms with Crippen molar-refractivity contribution in [3.63, 3.8) is 0 Å². The van der Waals surface area contributed by atoms with E-state index >= 15 is 0 Å².